The molecule has 7 heteroatoms. The third-order valence-electron chi connectivity index (χ3n) is 5.87. The van der Waals surface area contributed by atoms with Crippen LogP contribution in [0.2, 0.25) is 0 Å². The minimum absolute atomic E-state index is 0.0696. The average Bonchev–Trinajstić information content (AvgIpc) is 3.49. The molecule has 0 aliphatic carbocycles. The van der Waals surface area contributed by atoms with Crippen LogP contribution in [0, 0.1) is 0 Å². The minimum Gasteiger partial charge on any atom is -0.493 e. The Morgan fingerprint density at radius 1 is 1.09 bits per heavy atom. The summed E-state index contributed by atoms with van der Waals surface area (Å²) in [6.07, 6.45) is 4.67. The summed E-state index contributed by atoms with van der Waals surface area (Å²) in [6.45, 7) is 5.39. The van der Waals surface area contributed by atoms with E-state index in [0.29, 0.717) is 42.8 Å². The first-order valence-corrected chi connectivity index (χ1v) is 11.7. The number of amides is 1. The van der Waals surface area contributed by atoms with Crippen LogP contribution in [-0.4, -0.2) is 36.3 Å². The predicted molar refractivity (Wildman–Crippen MR) is 127 cm³/mol. The van der Waals surface area contributed by atoms with Gasteiger partial charge in [-0.1, -0.05) is 37.6 Å². The molecule has 0 N–H and O–H groups in total. The van der Waals surface area contributed by atoms with Crippen molar-refractivity contribution < 1.29 is 18.8 Å². The lowest BCUT2D eigenvalue weighted by atomic mass is 10.1. The molecule has 1 fully saturated rings. The summed E-state index contributed by atoms with van der Waals surface area (Å²) in [6, 6.07) is 13.8. The number of ether oxygens (including phenoxy) is 2. The van der Waals surface area contributed by atoms with E-state index in [1.54, 1.807) is 12.0 Å². The van der Waals surface area contributed by atoms with Crippen molar-refractivity contribution >= 4 is 11.6 Å². The monoisotopic (exact) mass is 449 g/mol. The van der Waals surface area contributed by atoms with Crippen LogP contribution in [0.1, 0.15) is 56.9 Å². The number of methoxy groups -OCH3 is 1. The molecule has 1 aromatic heterocycles. The predicted octanol–water partition coefficient (Wildman–Crippen LogP) is 5.40. The number of hydrogen-bond acceptors (Lipinski definition) is 6. The number of nitrogens with zero attached hydrogens (tertiary/aromatic N) is 3. The number of hydrogen-bond donors (Lipinski definition) is 0. The molecule has 2 heterocycles. The Labute approximate surface area is 194 Å². The van der Waals surface area contributed by atoms with Gasteiger partial charge in [0.05, 0.1) is 19.6 Å². The normalized spacial score (nSPS) is 15.8. The number of anilines is 1. The molecule has 1 amide bonds. The Morgan fingerprint density at radius 2 is 1.91 bits per heavy atom. The Hall–Kier alpha value is -3.35. The molecule has 33 heavy (non-hydrogen) atoms. The van der Waals surface area contributed by atoms with Crippen molar-refractivity contribution in [2.75, 3.05) is 25.2 Å². The molecule has 0 spiro atoms. The highest BCUT2D eigenvalue weighted by atomic mass is 16.5. The first-order valence-electron chi connectivity index (χ1n) is 11.7. The summed E-state index contributed by atoms with van der Waals surface area (Å²) in [5.41, 5.74) is 2.98. The molecule has 1 aliphatic rings. The van der Waals surface area contributed by atoms with Crippen molar-refractivity contribution in [1.82, 2.24) is 10.1 Å². The SMILES string of the molecule is CCCCc1ccc(N2CC(c3nc(-c4ccc(OCCC)c(OC)c4)no3)CC2=O)cc1. The van der Waals surface area contributed by atoms with Crippen molar-refractivity contribution in [3.05, 3.63) is 53.9 Å². The van der Waals surface area contributed by atoms with E-state index in [4.69, 9.17) is 14.0 Å². The molecule has 1 unspecified atom stereocenters. The average molecular weight is 450 g/mol. The number of benzene rings is 2. The molecule has 0 radical (unpaired) electrons. The van der Waals surface area contributed by atoms with Gasteiger partial charge in [-0.3, -0.25) is 4.79 Å². The first kappa shape index (κ1) is 22.8. The summed E-state index contributed by atoms with van der Waals surface area (Å²) in [4.78, 5) is 19.1. The third kappa shape index (κ3) is 5.18. The summed E-state index contributed by atoms with van der Waals surface area (Å²) in [5, 5.41) is 4.15. The second-order valence-corrected chi connectivity index (χ2v) is 8.35. The van der Waals surface area contributed by atoms with Gasteiger partial charge in [-0.15, -0.1) is 0 Å². The van der Waals surface area contributed by atoms with Crippen LogP contribution in [0.4, 0.5) is 5.69 Å². The van der Waals surface area contributed by atoms with Gasteiger partial charge in [0.1, 0.15) is 0 Å². The Morgan fingerprint density at radius 3 is 2.64 bits per heavy atom. The van der Waals surface area contributed by atoms with Crippen LogP contribution < -0.4 is 14.4 Å². The van der Waals surface area contributed by atoms with Gasteiger partial charge in [0.2, 0.25) is 17.6 Å². The molecular weight excluding hydrogens is 418 g/mol. The van der Waals surface area contributed by atoms with Crippen LogP contribution in [-0.2, 0) is 11.2 Å². The maximum atomic E-state index is 12.7. The van der Waals surface area contributed by atoms with E-state index in [2.05, 4.69) is 36.1 Å². The zero-order valence-corrected chi connectivity index (χ0v) is 19.5. The van der Waals surface area contributed by atoms with Crippen LogP contribution in [0.3, 0.4) is 0 Å². The van der Waals surface area contributed by atoms with Crippen molar-refractivity contribution in [2.45, 2.75) is 51.9 Å². The van der Waals surface area contributed by atoms with Gasteiger partial charge in [0.15, 0.2) is 11.5 Å². The third-order valence-corrected chi connectivity index (χ3v) is 5.87. The lowest BCUT2D eigenvalue weighted by molar-refractivity contribution is -0.117. The fourth-order valence-electron chi connectivity index (χ4n) is 4.00. The van der Waals surface area contributed by atoms with Crippen LogP contribution in [0.25, 0.3) is 11.4 Å². The first-order chi connectivity index (χ1) is 16.1. The smallest absolute Gasteiger partial charge is 0.232 e. The van der Waals surface area contributed by atoms with Crippen molar-refractivity contribution in [3.63, 3.8) is 0 Å². The maximum absolute atomic E-state index is 12.7. The number of rotatable bonds is 10. The molecule has 3 aromatic rings. The summed E-state index contributed by atoms with van der Waals surface area (Å²) >= 11 is 0. The van der Waals surface area contributed by atoms with Crippen LogP contribution in [0.15, 0.2) is 47.0 Å². The van der Waals surface area contributed by atoms with Crippen molar-refractivity contribution in [1.29, 1.82) is 0 Å². The topological polar surface area (TPSA) is 77.7 Å². The standard InChI is InChI=1S/C26H31N3O4/c1-4-6-7-18-8-11-21(12-9-18)29-17-20(16-24(29)30)26-27-25(28-33-26)19-10-13-22(32-14-5-2)23(15-19)31-3/h8-13,15,20H,4-7,14,16-17H2,1-3H3. The molecule has 1 atom stereocenters. The second-order valence-electron chi connectivity index (χ2n) is 8.35. The highest BCUT2D eigenvalue weighted by Gasteiger charge is 2.35. The molecule has 0 bridgehead atoms. The zero-order chi connectivity index (χ0) is 23.2. The zero-order valence-electron chi connectivity index (χ0n) is 19.5. The highest BCUT2D eigenvalue weighted by Crippen LogP contribution is 2.34. The van der Waals surface area contributed by atoms with Gasteiger partial charge in [-0.25, -0.2) is 0 Å². The van der Waals surface area contributed by atoms with E-state index < -0.39 is 0 Å². The Kier molecular flexibility index (Phi) is 7.27. The van der Waals surface area contributed by atoms with Crippen LogP contribution in [0.5, 0.6) is 11.5 Å². The fraction of sp³-hybridized carbons (Fsp3) is 0.423. The lowest BCUT2D eigenvalue weighted by Gasteiger charge is -2.16. The molecule has 7 nitrogen and oxygen atoms in total. The molecule has 0 saturated carbocycles. The number of carbonyl (C=O) groups is 1. The Bertz CT molecular complexity index is 1080. The van der Waals surface area contributed by atoms with Gasteiger partial charge in [-0.2, -0.15) is 4.98 Å². The van der Waals surface area contributed by atoms with Gasteiger partial charge in [0.25, 0.3) is 0 Å². The van der Waals surface area contributed by atoms with Crippen molar-refractivity contribution in [3.8, 4) is 22.9 Å². The Balaban J connectivity index is 1.46. The molecule has 4 rings (SSSR count). The number of aryl methyl sites for hydroxylation is 1. The molecular formula is C26H31N3O4. The maximum Gasteiger partial charge on any atom is 0.232 e. The summed E-state index contributed by atoms with van der Waals surface area (Å²) in [7, 11) is 1.61. The number of aromatic nitrogens is 2. The van der Waals surface area contributed by atoms with Gasteiger partial charge in [-0.05, 0) is 55.2 Å². The highest BCUT2D eigenvalue weighted by molar-refractivity contribution is 5.96. The van der Waals surface area contributed by atoms with E-state index in [-0.39, 0.29) is 11.8 Å². The number of unbranched alkanes of at least 4 members (excludes halogenated alkanes) is 1. The molecule has 1 aliphatic heterocycles. The molecule has 1 saturated heterocycles. The summed E-state index contributed by atoms with van der Waals surface area (Å²) < 4.78 is 16.7. The van der Waals surface area contributed by atoms with Crippen LogP contribution >= 0.6 is 0 Å². The largest absolute Gasteiger partial charge is 0.493 e. The van der Waals surface area contributed by atoms with Gasteiger partial charge >= 0.3 is 0 Å². The number of carbonyl (C=O) groups excluding carboxylic acids is 1. The lowest BCUT2D eigenvalue weighted by Crippen LogP contribution is -2.24. The van der Waals surface area contributed by atoms with E-state index in [0.717, 1.165) is 24.1 Å². The molecule has 174 valence electrons. The van der Waals surface area contributed by atoms with E-state index in [1.807, 2.05) is 30.3 Å². The van der Waals surface area contributed by atoms with Gasteiger partial charge in [0, 0.05) is 24.2 Å². The molecule has 2 aromatic carbocycles. The van der Waals surface area contributed by atoms with Crippen molar-refractivity contribution in [2.24, 2.45) is 0 Å². The van der Waals surface area contributed by atoms with Gasteiger partial charge < -0.3 is 18.9 Å². The fourth-order valence-corrected chi connectivity index (χ4v) is 4.00. The minimum atomic E-state index is -0.132. The van der Waals surface area contributed by atoms with E-state index in [9.17, 15) is 4.79 Å². The van der Waals surface area contributed by atoms with E-state index >= 15 is 0 Å². The second kappa shape index (κ2) is 10.5. The van der Waals surface area contributed by atoms with E-state index in [1.165, 1.54) is 18.4 Å². The summed E-state index contributed by atoms with van der Waals surface area (Å²) in [5.74, 6) is 2.19. The quantitative estimate of drug-likeness (QED) is 0.413.